The molecule has 7 heteroatoms. The second-order valence-corrected chi connectivity index (χ2v) is 8.74. The van der Waals surface area contributed by atoms with Gasteiger partial charge in [-0.2, -0.15) is 0 Å². The first kappa shape index (κ1) is 16.6. The predicted octanol–water partition coefficient (Wildman–Crippen LogP) is 2.83. The Bertz CT molecular complexity index is 646. The van der Waals surface area contributed by atoms with Gasteiger partial charge < -0.3 is 5.32 Å². The zero-order valence-electron chi connectivity index (χ0n) is 12.1. The molecule has 2 rings (SSSR count). The normalized spacial score (nSPS) is 12.1. The minimum atomic E-state index is -3.42. The third kappa shape index (κ3) is 4.89. The van der Waals surface area contributed by atoms with Crippen LogP contribution in [0.1, 0.15) is 23.6 Å². The van der Waals surface area contributed by atoms with Gasteiger partial charge in [0.2, 0.25) is 10.0 Å². The SMILES string of the molecule is CC(C)NCc1sccc1S(=O)(=O)NCCc1cccs1. The number of hydrogen-bond donors (Lipinski definition) is 2. The molecule has 116 valence electrons. The monoisotopic (exact) mass is 344 g/mol. The maximum Gasteiger partial charge on any atom is 0.241 e. The lowest BCUT2D eigenvalue weighted by Crippen LogP contribution is -2.27. The van der Waals surface area contributed by atoms with Gasteiger partial charge in [0.15, 0.2) is 0 Å². The summed E-state index contributed by atoms with van der Waals surface area (Å²) >= 11 is 3.11. The molecule has 0 aliphatic rings. The second kappa shape index (κ2) is 7.51. The van der Waals surface area contributed by atoms with Crippen LogP contribution in [0.4, 0.5) is 0 Å². The molecule has 2 N–H and O–H groups in total. The quantitative estimate of drug-likeness (QED) is 0.774. The Morgan fingerprint density at radius 3 is 2.67 bits per heavy atom. The van der Waals surface area contributed by atoms with Crippen molar-refractivity contribution in [2.75, 3.05) is 6.54 Å². The molecule has 0 spiro atoms. The first-order valence-corrected chi connectivity index (χ1v) is 10.0. The van der Waals surface area contributed by atoms with Crippen LogP contribution in [0.5, 0.6) is 0 Å². The molecule has 0 atom stereocenters. The van der Waals surface area contributed by atoms with E-state index < -0.39 is 10.0 Å². The minimum absolute atomic E-state index is 0.328. The maximum atomic E-state index is 12.4. The largest absolute Gasteiger partial charge is 0.310 e. The van der Waals surface area contributed by atoms with E-state index in [-0.39, 0.29) is 0 Å². The van der Waals surface area contributed by atoms with E-state index in [4.69, 9.17) is 0 Å². The molecular weight excluding hydrogens is 324 g/mol. The van der Waals surface area contributed by atoms with E-state index in [1.807, 2.05) is 36.7 Å². The lowest BCUT2D eigenvalue weighted by Gasteiger charge is -2.10. The van der Waals surface area contributed by atoms with Gasteiger partial charge in [-0.1, -0.05) is 19.9 Å². The van der Waals surface area contributed by atoms with E-state index in [1.165, 1.54) is 16.2 Å². The van der Waals surface area contributed by atoms with Crippen molar-refractivity contribution in [1.82, 2.24) is 10.0 Å². The summed E-state index contributed by atoms with van der Waals surface area (Å²) in [6.07, 6.45) is 0.723. The Labute approximate surface area is 134 Å². The maximum absolute atomic E-state index is 12.4. The van der Waals surface area contributed by atoms with Crippen LogP contribution in [-0.4, -0.2) is 21.0 Å². The fourth-order valence-corrected chi connectivity index (χ4v) is 4.97. The van der Waals surface area contributed by atoms with Crippen molar-refractivity contribution < 1.29 is 8.42 Å². The average molecular weight is 345 g/mol. The highest BCUT2D eigenvalue weighted by atomic mass is 32.2. The van der Waals surface area contributed by atoms with Gasteiger partial charge >= 0.3 is 0 Å². The molecule has 2 aromatic heterocycles. The zero-order valence-corrected chi connectivity index (χ0v) is 14.6. The number of rotatable bonds is 8. The van der Waals surface area contributed by atoms with E-state index in [1.54, 1.807) is 17.4 Å². The van der Waals surface area contributed by atoms with Crippen LogP contribution in [0.3, 0.4) is 0 Å². The number of hydrogen-bond acceptors (Lipinski definition) is 5. The Balaban J connectivity index is 1.97. The molecule has 0 aliphatic heterocycles. The molecule has 0 fully saturated rings. The molecule has 21 heavy (non-hydrogen) atoms. The summed E-state index contributed by atoms with van der Waals surface area (Å²) in [7, 11) is -3.42. The highest BCUT2D eigenvalue weighted by molar-refractivity contribution is 7.89. The van der Waals surface area contributed by atoms with Crippen LogP contribution >= 0.6 is 22.7 Å². The molecule has 0 aromatic carbocycles. The van der Waals surface area contributed by atoms with Crippen LogP contribution in [0.2, 0.25) is 0 Å². The molecule has 4 nitrogen and oxygen atoms in total. The summed E-state index contributed by atoms with van der Waals surface area (Å²) < 4.78 is 27.4. The zero-order chi connectivity index (χ0) is 15.3. The van der Waals surface area contributed by atoms with E-state index in [9.17, 15) is 8.42 Å². The molecule has 0 bridgehead atoms. The number of thiophene rings is 2. The van der Waals surface area contributed by atoms with Crippen LogP contribution in [-0.2, 0) is 23.0 Å². The third-order valence-electron chi connectivity index (χ3n) is 2.91. The van der Waals surface area contributed by atoms with E-state index in [2.05, 4.69) is 10.0 Å². The molecule has 2 heterocycles. The van der Waals surface area contributed by atoms with Crippen LogP contribution in [0, 0.1) is 0 Å². The van der Waals surface area contributed by atoms with Crippen molar-refractivity contribution in [3.8, 4) is 0 Å². The summed E-state index contributed by atoms with van der Waals surface area (Å²) in [6, 6.07) is 5.99. The number of sulfonamides is 1. The second-order valence-electron chi connectivity index (χ2n) is 4.97. The molecule has 0 saturated heterocycles. The Kier molecular flexibility index (Phi) is 5.95. The van der Waals surface area contributed by atoms with Crippen molar-refractivity contribution >= 4 is 32.7 Å². The van der Waals surface area contributed by atoms with Gasteiger partial charge in [0.1, 0.15) is 0 Å². The third-order valence-corrected chi connectivity index (χ3v) is 6.44. The van der Waals surface area contributed by atoms with Crippen LogP contribution in [0.25, 0.3) is 0 Å². The standard InChI is InChI=1S/C14H20N2O2S3/c1-11(2)15-10-13-14(6-9-20-13)21(17,18)16-7-5-12-4-3-8-19-12/h3-4,6,8-9,11,15-16H,5,7,10H2,1-2H3. The summed E-state index contributed by atoms with van der Waals surface area (Å²) in [5, 5.41) is 7.08. The first-order chi connectivity index (χ1) is 9.99. The summed E-state index contributed by atoms with van der Waals surface area (Å²) in [5.41, 5.74) is 0. The molecule has 0 aliphatic carbocycles. The van der Waals surface area contributed by atoms with E-state index in [0.29, 0.717) is 24.0 Å². The van der Waals surface area contributed by atoms with Gasteiger partial charge in [-0.3, -0.25) is 0 Å². The van der Waals surface area contributed by atoms with Gasteiger partial charge in [0, 0.05) is 28.9 Å². The average Bonchev–Trinajstić information content (AvgIpc) is 3.07. The van der Waals surface area contributed by atoms with Crippen molar-refractivity contribution in [1.29, 1.82) is 0 Å². The van der Waals surface area contributed by atoms with Crippen LogP contribution < -0.4 is 10.0 Å². The summed E-state index contributed by atoms with van der Waals surface area (Å²) in [4.78, 5) is 2.43. The molecule has 2 aromatic rings. The summed E-state index contributed by atoms with van der Waals surface area (Å²) in [5.74, 6) is 0. The van der Waals surface area contributed by atoms with Crippen molar-refractivity contribution in [2.24, 2.45) is 0 Å². The predicted molar refractivity (Wildman–Crippen MR) is 89.5 cm³/mol. The molecule has 0 radical (unpaired) electrons. The first-order valence-electron chi connectivity index (χ1n) is 6.81. The van der Waals surface area contributed by atoms with Gasteiger partial charge in [-0.05, 0) is 29.3 Å². The van der Waals surface area contributed by atoms with Gasteiger partial charge in [0.05, 0.1) is 4.90 Å². The molecule has 0 amide bonds. The number of nitrogens with one attached hydrogen (secondary N) is 2. The topological polar surface area (TPSA) is 58.2 Å². The lowest BCUT2D eigenvalue weighted by molar-refractivity contribution is 0.572. The lowest BCUT2D eigenvalue weighted by atomic mass is 10.3. The highest BCUT2D eigenvalue weighted by Gasteiger charge is 2.19. The van der Waals surface area contributed by atoms with Crippen LogP contribution in [0.15, 0.2) is 33.9 Å². The molecule has 0 saturated carbocycles. The minimum Gasteiger partial charge on any atom is -0.310 e. The van der Waals surface area contributed by atoms with Gasteiger partial charge in [0.25, 0.3) is 0 Å². The highest BCUT2D eigenvalue weighted by Crippen LogP contribution is 2.22. The Morgan fingerprint density at radius 1 is 1.19 bits per heavy atom. The Hall–Kier alpha value is -0.730. The fraction of sp³-hybridized carbons (Fsp3) is 0.429. The van der Waals surface area contributed by atoms with Gasteiger partial charge in [-0.25, -0.2) is 13.1 Å². The molecule has 0 unspecified atom stereocenters. The summed E-state index contributed by atoms with van der Waals surface area (Å²) in [6.45, 7) is 5.09. The van der Waals surface area contributed by atoms with Crippen molar-refractivity contribution in [3.63, 3.8) is 0 Å². The van der Waals surface area contributed by atoms with E-state index >= 15 is 0 Å². The molecular formula is C14H20N2O2S3. The fourth-order valence-electron chi connectivity index (χ4n) is 1.84. The van der Waals surface area contributed by atoms with Crippen molar-refractivity contribution in [2.45, 2.75) is 37.8 Å². The van der Waals surface area contributed by atoms with E-state index in [0.717, 1.165) is 11.3 Å². The smallest absolute Gasteiger partial charge is 0.241 e. The van der Waals surface area contributed by atoms with Gasteiger partial charge in [-0.15, -0.1) is 22.7 Å². The Morgan fingerprint density at radius 2 is 2.00 bits per heavy atom. The van der Waals surface area contributed by atoms with Crippen molar-refractivity contribution in [3.05, 3.63) is 38.7 Å².